The van der Waals surface area contributed by atoms with Crippen LogP contribution in [0.3, 0.4) is 0 Å². The Morgan fingerprint density at radius 2 is 1.75 bits per heavy atom. The predicted molar refractivity (Wildman–Crippen MR) is 104 cm³/mol. The van der Waals surface area contributed by atoms with E-state index in [1.165, 1.54) is 58.3 Å². The number of hydrogen-bond acceptors (Lipinski definition) is 3. The predicted octanol–water partition coefficient (Wildman–Crippen LogP) is 2.15. The molecule has 0 aromatic rings. The molecule has 1 saturated heterocycles. The van der Waals surface area contributed by atoms with Gasteiger partial charge in [-0.05, 0) is 45.6 Å². The van der Waals surface area contributed by atoms with Crippen molar-refractivity contribution in [2.45, 2.75) is 58.9 Å². The van der Waals surface area contributed by atoms with Crippen molar-refractivity contribution in [2.24, 2.45) is 10.4 Å². The fourth-order valence-corrected chi connectivity index (χ4v) is 3.97. The zero-order valence-corrected chi connectivity index (χ0v) is 16.4. The second kappa shape index (κ2) is 9.62. The monoisotopic (exact) mass is 337 g/mol. The van der Waals surface area contributed by atoms with Crippen LogP contribution in [0, 0.1) is 5.41 Å². The largest absolute Gasteiger partial charge is 0.357 e. The number of nitrogens with one attached hydrogen (secondary N) is 2. The van der Waals surface area contributed by atoms with Crippen molar-refractivity contribution in [3.63, 3.8) is 0 Å². The molecule has 0 aromatic heterocycles. The molecule has 0 amide bonds. The lowest BCUT2D eigenvalue weighted by Gasteiger charge is -2.36. The normalized spacial score (nSPS) is 24.1. The minimum absolute atomic E-state index is 0.464. The SMILES string of the molecule is CCNC(=NCC1(CC)CCCC1)NCC(C)N1CCN(C)CC1. The lowest BCUT2D eigenvalue weighted by Crippen LogP contribution is -2.52. The quantitative estimate of drug-likeness (QED) is 0.552. The second-order valence-corrected chi connectivity index (χ2v) is 7.82. The van der Waals surface area contributed by atoms with Gasteiger partial charge in [0.2, 0.25) is 0 Å². The molecule has 1 atom stereocenters. The molecule has 2 rings (SSSR count). The molecular formula is C19H39N5. The van der Waals surface area contributed by atoms with Crippen molar-refractivity contribution in [3.8, 4) is 0 Å². The first-order valence-corrected chi connectivity index (χ1v) is 10.0. The molecule has 1 heterocycles. The van der Waals surface area contributed by atoms with Gasteiger partial charge in [-0.15, -0.1) is 0 Å². The lowest BCUT2D eigenvalue weighted by molar-refractivity contribution is 0.120. The number of piperazine rings is 1. The first kappa shape index (κ1) is 19.5. The van der Waals surface area contributed by atoms with Gasteiger partial charge in [0.15, 0.2) is 5.96 Å². The third kappa shape index (κ3) is 5.62. The van der Waals surface area contributed by atoms with Gasteiger partial charge in [0.05, 0.1) is 0 Å². The van der Waals surface area contributed by atoms with Gasteiger partial charge in [-0.3, -0.25) is 9.89 Å². The molecule has 0 spiro atoms. The van der Waals surface area contributed by atoms with Gasteiger partial charge in [0, 0.05) is 51.9 Å². The number of hydrogen-bond donors (Lipinski definition) is 2. The van der Waals surface area contributed by atoms with E-state index in [1.54, 1.807) is 0 Å². The van der Waals surface area contributed by atoms with Crippen molar-refractivity contribution in [2.75, 3.05) is 52.9 Å². The first-order valence-electron chi connectivity index (χ1n) is 10.0. The summed E-state index contributed by atoms with van der Waals surface area (Å²) in [6.45, 7) is 14.4. The van der Waals surface area contributed by atoms with E-state index >= 15 is 0 Å². The van der Waals surface area contributed by atoms with Crippen LogP contribution in [0.2, 0.25) is 0 Å². The molecule has 1 unspecified atom stereocenters. The molecule has 2 fully saturated rings. The first-order chi connectivity index (χ1) is 11.6. The summed E-state index contributed by atoms with van der Waals surface area (Å²) in [5.41, 5.74) is 0.464. The maximum Gasteiger partial charge on any atom is 0.191 e. The molecule has 5 heteroatoms. The molecule has 0 aromatic carbocycles. The van der Waals surface area contributed by atoms with E-state index in [9.17, 15) is 0 Å². The Kier molecular flexibility index (Phi) is 7.82. The van der Waals surface area contributed by atoms with Crippen molar-refractivity contribution in [1.29, 1.82) is 0 Å². The van der Waals surface area contributed by atoms with E-state index < -0.39 is 0 Å². The highest BCUT2D eigenvalue weighted by Crippen LogP contribution is 2.41. The van der Waals surface area contributed by atoms with Gasteiger partial charge < -0.3 is 15.5 Å². The molecule has 140 valence electrons. The third-order valence-corrected chi connectivity index (χ3v) is 6.06. The summed E-state index contributed by atoms with van der Waals surface area (Å²) in [5, 5.41) is 7.00. The summed E-state index contributed by atoms with van der Waals surface area (Å²) in [5.74, 6) is 0.998. The third-order valence-electron chi connectivity index (χ3n) is 6.06. The van der Waals surface area contributed by atoms with Gasteiger partial charge in [-0.2, -0.15) is 0 Å². The average molecular weight is 338 g/mol. The van der Waals surface area contributed by atoms with E-state index in [0.29, 0.717) is 11.5 Å². The van der Waals surface area contributed by atoms with Crippen LogP contribution in [0.4, 0.5) is 0 Å². The zero-order valence-electron chi connectivity index (χ0n) is 16.4. The van der Waals surface area contributed by atoms with Crippen molar-refractivity contribution in [3.05, 3.63) is 0 Å². The maximum absolute atomic E-state index is 4.94. The summed E-state index contributed by atoms with van der Waals surface area (Å²) in [7, 11) is 2.21. The number of likely N-dealkylation sites (N-methyl/N-ethyl adjacent to an activating group) is 1. The number of aliphatic imine (C=N–C) groups is 1. The fraction of sp³-hybridized carbons (Fsp3) is 0.947. The summed E-state index contributed by atoms with van der Waals surface area (Å²) in [4.78, 5) is 9.93. The van der Waals surface area contributed by atoms with Crippen LogP contribution in [0.15, 0.2) is 4.99 Å². The number of nitrogens with zero attached hydrogens (tertiary/aromatic N) is 3. The summed E-state index contributed by atoms with van der Waals surface area (Å²) < 4.78 is 0. The molecule has 0 radical (unpaired) electrons. The Morgan fingerprint density at radius 1 is 1.08 bits per heavy atom. The van der Waals surface area contributed by atoms with Crippen molar-refractivity contribution >= 4 is 5.96 Å². The van der Waals surface area contributed by atoms with Gasteiger partial charge in [0.1, 0.15) is 0 Å². The van der Waals surface area contributed by atoms with Gasteiger partial charge in [-0.25, -0.2) is 0 Å². The minimum atomic E-state index is 0.464. The molecule has 1 aliphatic heterocycles. The summed E-state index contributed by atoms with van der Waals surface area (Å²) >= 11 is 0. The Labute approximate surface area is 149 Å². The van der Waals surface area contributed by atoms with Crippen molar-refractivity contribution in [1.82, 2.24) is 20.4 Å². The number of guanidine groups is 1. The second-order valence-electron chi connectivity index (χ2n) is 7.82. The molecule has 24 heavy (non-hydrogen) atoms. The smallest absolute Gasteiger partial charge is 0.191 e. The Morgan fingerprint density at radius 3 is 2.33 bits per heavy atom. The van der Waals surface area contributed by atoms with E-state index in [1.807, 2.05) is 0 Å². The molecular weight excluding hydrogens is 298 g/mol. The van der Waals surface area contributed by atoms with E-state index in [-0.39, 0.29) is 0 Å². The number of rotatable bonds is 7. The fourth-order valence-electron chi connectivity index (χ4n) is 3.97. The Hall–Kier alpha value is -0.810. The Balaban J connectivity index is 1.82. The van der Waals surface area contributed by atoms with E-state index in [2.05, 4.69) is 48.3 Å². The van der Waals surface area contributed by atoms with Crippen LogP contribution in [0.1, 0.15) is 52.9 Å². The molecule has 5 nitrogen and oxygen atoms in total. The summed E-state index contributed by atoms with van der Waals surface area (Å²) in [6, 6.07) is 0.550. The average Bonchev–Trinajstić information content (AvgIpc) is 3.07. The topological polar surface area (TPSA) is 42.9 Å². The van der Waals surface area contributed by atoms with Gasteiger partial charge in [-0.1, -0.05) is 19.8 Å². The highest BCUT2D eigenvalue weighted by atomic mass is 15.3. The standard InChI is InChI=1S/C19H39N5/c1-5-19(9-7-8-10-19)16-22-18(20-6-2)21-15-17(3)24-13-11-23(4)12-14-24/h17H,5-16H2,1-4H3,(H2,20,21,22). The molecule has 0 bridgehead atoms. The van der Waals surface area contributed by atoms with E-state index in [0.717, 1.165) is 25.6 Å². The van der Waals surface area contributed by atoms with Crippen LogP contribution in [-0.4, -0.2) is 74.7 Å². The highest BCUT2D eigenvalue weighted by molar-refractivity contribution is 5.79. The molecule has 2 aliphatic rings. The van der Waals surface area contributed by atoms with Gasteiger partial charge >= 0.3 is 0 Å². The van der Waals surface area contributed by atoms with Crippen LogP contribution >= 0.6 is 0 Å². The van der Waals surface area contributed by atoms with Crippen LogP contribution in [0.5, 0.6) is 0 Å². The zero-order chi connectivity index (χ0) is 17.4. The van der Waals surface area contributed by atoms with Crippen LogP contribution in [-0.2, 0) is 0 Å². The molecule has 1 saturated carbocycles. The highest BCUT2D eigenvalue weighted by Gasteiger charge is 2.31. The summed E-state index contributed by atoms with van der Waals surface area (Å²) in [6.07, 6.45) is 6.73. The molecule has 1 aliphatic carbocycles. The van der Waals surface area contributed by atoms with E-state index in [4.69, 9.17) is 4.99 Å². The van der Waals surface area contributed by atoms with Crippen molar-refractivity contribution < 1.29 is 0 Å². The van der Waals surface area contributed by atoms with Crippen LogP contribution in [0.25, 0.3) is 0 Å². The Bertz CT molecular complexity index is 381. The maximum atomic E-state index is 4.94. The lowest BCUT2D eigenvalue weighted by atomic mass is 9.84. The minimum Gasteiger partial charge on any atom is -0.357 e. The molecule has 2 N–H and O–H groups in total. The van der Waals surface area contributed by atoms with Crippen LogP contribution < -0.4 is 10.6 Å². The van der Waals surface area contributed by atoms with Gasteiger partial charge in [0.25, 0.3) is 0 Å².